The van der Waals surface area contributed by atoms with Gasteiger partial charge in [0.05, 0.1) is 0 Å². The number of carbonyl (C=O) groups excluding carboxylic acids is 1. The van der Waals surface area contributed by atoms with Crippen molar-refractivity contribution in [3.63, 3.8) is 0 Å². The molecule has 1 atom stereocenters. The molecule has 1 heterocycles. The zero-order chi connectivity index (χ0) is 16.2. The average molecular weight is 327 g/mol. The lowest BCUT2D eigenvalue weighted by Gasteiger charge is -2.18. The van der Waals surface area contributed by atoms with Crippen molar-refractivity contribution in [3.05, 3.63) is 82.1 Å². The van der Waals surface area contributed by atoms with Crippen molar-refractivity contribution in [3.8, 4) is 5.75 Å². The number of rotatable bonds is 5. The van der Waals surface area contributed by atoms with Crippen molar-refractivity contribution in [2.24, 2.45) is 0 Å². The maximum atomic E-state index is 13.6. The van der Waals surface area contributed by atoms with E-state index in [9.17, 15) is 9.18 Å². The van der Waals surface area contributed by atoms with Gasteiger partial charge in [0.2, 0.25) is 0 Å². The minimum absolute atomic E-state index is 0.0352. The predicted octanol–water partition coefficient (Wildman–Crippen LogP) is 4.65. The van der Waals surface area contributed by atoms with Gasteiger partial charge in [-0.3, -0.25) is 4.79 Å². The summed E-state index contributed by atoms with van der Waals surface area (Å²) >= 11 is 1.44. The topological polar surface area (TPSA) is 39.2 Å². The first kappa shape index (κ1) is 15.4. The van der Waals surface area contributed by atoms with Crippen LogP contribution in [0.25, 0.3) is 0 Å². The van der Waals surface area contributed by atoms with Crippen LogP contribution < -0.4 is 4.74 Å². The highest BCUT2D eigenvalue weighted by Crippen LogP contribution is 2.30. The molecule has 116 valence electrons. The first-order valence-corrected chi connectivity index (χ1v) is 7.94. The Morgan fingerprint density at radius 3 is 2.74 bits per heavy atom. The largest absolute Gasteiger partial charge is 0.478 e. The zero-order valence-corrected chi connectivity index (χ0v) is 13.2. The summed E-state index contributed by atoms with van der Waals surface area (Å²) in [6.07, 6.45) is 1.16. The number of Topliss-reactive ketones (excluding diaryl/α,β-unsaturated/α-hetero) is 1. The standard InChI is InChI=1S/C18H14FNO2S/c1-12(21)13-4-3-7-16(11-13)22-17(18-20-8-9-23-18)14-5-2-6-15(19)10-14/h2-11,17H,1H3. The Hall–Kier alpha value is -2.53. The molecule has 3 rings (SSSR count). The number of ketones is 1. The Morgan fingerprint density at radius 2 is 2.04 bits per heavy atom. The van der Waals surface area contributed by atoms with Gasteiger partial charge in [0.1, 0.15) is 16.6 Å². The summed E-state index contributed by atoms with van der Waals surface area (Å²) in [6.45, 7) is 1.50. The lowest BCUT2D eigenvalue weighted by atomic mass is 10.1. The molecule has 0 spiro atoms. The van der Waals surface area contributed by atoms with Crippen molar-refractivity contribution < 1.29 is 13.9 Å². The summed E-state index contributed by atoms with van der Waals surface area (Å²) < 4.78 is 19.6. The van der Waals surface area contributed by atoms with Gasteiger partial charge in [-0.1, -0.05) is 24.3 Å². The van der Waals surface area contributed by atoms with Crippen LogP contribution in [0.5, 0.6) is 5.75 Å². The number of thiazole rings is 1. The smallest absolute Gasteiger partial charge is 0.175 e. The van der Waals surface area contributed by atoms with E-state index in [-0.39, 0.29) is 11.6 Å². The van der Waals surface area contributed by atoms with Crippen molar-refractivity contribution in [2.75, 3.05) is 0 Å². The second-order valence-electron chi connectivity index (χ2n) is 5.01. The van der Waals surface area contributed by atoms with Gasteiger partial charge in [-0.2, -0.15) is 0 Å². The Labute approximate surface area is 137 Å². The minimum atomic E-state index is -0.520. The zero-order valence-electron chi connectivity index (χ0n) is 12.4. The van der Waals surface area contributed by atoms with E-state index in [1.807, 2.05) is 5.38 Å². The predicted molar refractivity (Wildman–Crippen MR) is 87.4 cm³/mol. The molecular weight excluding hydrogens is 313 g/mol. The molecule has 0 N–H and O–H groups in total. The van der Waals surface area contributed by atoms with Crippen molar-refractivity contribution in [1.82, 2.24) is 4.98 Å². The van der Waals surface area contributed by atoms with Crippen LogP contribution in [0.1, 0.15) is 34.0 Å². The van der Waals surface area contributed by atoms with Gasteiger partial charge in [0, 0.05) is 22.7 Å². The fraction of sp³-hybridized carbons (Fsp3) is 0.111. The molecule has 0 aliphatic rings. The molecule has 1 aromatic heterocycles. The van der Waals surface area contributed by atoms with Crippen LogP contribution in [0.4, 0.5) is 4.39 Å². The third kappa shape index (κ3) is 3.63. The number of aromatic nitrogens is 1. The van der Waals surface area contributed by atoms with Crippen molar-refractivity contribution >= 4 is 17.1 Å². The number of benzene rings is 2. The number of carbonyl (C=O) groups is 1. The lowest BCUT2D eigenvalue weighted by molar-refractivity contribution is 0.101. The molecule has 2 aromatic carbocycles. The van der Waals surface area contributed by atoms with E-state index >= 15 is 0 Å². The van der Waals surface area contributed by atoms with Crippen LogP contribution in [0, 0.1) is 5.82 Å². The second kappa shape index (κ2) is 6.71. The minimum Gasteiger partial charge on any atom is -0.478 e. The van der Waals surface area contributed by atoms with Crippen LogP contribution >= 0.6 is 11.3 Å². The fourth-order valence-electron chi connectivity index (χ4n) is 2.22. The highest BCUT2D eigenvalue weighted by Gasteiger charge is 2.19. The van der Waals surface area contributed by atoms with Gasteiger partial charge in [-0.05, 0) is 31.2 Å². The number of halogens is 1. The first-order chi connectivity index (χ1) is 11.1. The molecule has 0 saturated carbocycles. The Bertz CT molecular complexity index is 817. The van der Waals surface area contributed by atoms with E-state index in [1.165, 1.54) is 30.4 Å². The normalized spacial score (nSPS) is 11.9. The van der Waals surface area contributed by atoms with Crippen LogP contribution in [0.3, 0.4) is 0 Å². The number of hydrogen-bond acceptors (Lipinski definition) is 4. The molecule has 23 heavy (non-hydrogen) atoms. The molecule has 0 amide bonds. The molecule has 0 saturated heterocycles. The Balaban J connectivity index is 1.97. The molecule has 3 aromatic rings. The summed E-state index contributed by atoms with van der Waals surface area (Å²) in [6, 6.07) is 13.2. The van der Waals surface area contributed by atoms with Crippen molar-refractivity contribution in [1.29, 1.82) is 0 Å². The van der Waals surface area contributed by atoms with Crippen molar-refractivity contribution in [2.45, 2.75) is 13.0 Å². The quantitative estimate of drug-likeness (QED) is 0.640. The van der Waals surface area contributed by atoms with Crippen LogP contribution in [0.15, 0.2) is 60.1 Å². The molecule has 0 aliphatic carbocycles. The third-order valence-corrected chi connectivity index (χ3v) is 4.14. The molecule has 0 aliphatic heterocycles. The maximum absolute atomic E-state index is 13.6. The van der Waals surface area contributed by atoms with Gasteiger partial charge in [0.15, 0.2) is 11.9 Å². The van der Waals surface area contributed by atoms with E-state index in [0.717, 1.165) is 5.01 Å². The van der Waals surface area contributed by atoms with E-state index in [4.69, 9.17) is 4.74 Å². The highest BCUT2D eigenvalue weighted by atomic mass is 32.1. The summed E-state index contributed by atoms with van der Waals surface area (Å²) in [4.78, 5) is 15.8. The van der Waals surface area contributed by atoms with E-state index in [1.54, 1.807) is 42.6 Å². The summed E-state index contributed by atoms with van der Waals surface area (Å²) in [5.41, 5.74) is 1.24. The van der Waals surface area contributed by atoms with E-state index in [0.29, 0.717) is 16.9 Å². The first-order valence-electron chi connectivity index (χ1n) is 7.06. The van der Waals surface area contributed by atoms with Gasteiger partial charge < -0.3 is 4.74 Å². The van der Waals surface area contributed by atoms with Gasteiger partial charge in [-0.15, -0.1) is 11.3 Å². The van der Waals surface area contributed by atoms with Gasteiger partial charge in [-0.25, -0.2) is 9.37 Å². The second-order valence-corrected chi connectivity index (χ2v) is 5.93. The maximum Gasteiger partial charge on any atom is 0.175 e. The SMILES string of the molecule is CC(=O)c1cccc(OC(c2cccc(F)c2)c2nccs2)c1. The number of nitrogens with zero attached hydrogens (tertiary/aromatic N) is 1. The monoisotopic (exact) mass is 327 g/mol. The summed E-state index contributed by atoms with van der Waals surface area (Å²) in [7, 11) is 0. The van der Waals surface area contributed by atoms with Crippen LogP contribution in [-0.4, -0.2) is 10.8 Å². The highest BCUT2D eigenvalue weighted by molar-refractivity contribution is 7.09. The molecule has 0 radical (unpaired) electrons. The number of hydrogen-bond donors (Lipinski definition) is 0. The van der Waals surface area contributed by atoms with Crippen LogP contribution in [0.2, 0.25) is 0 Å². The van der Waals surface area contributed by atoms with Crippen LogP contribution in [-0.2, 0) is 0 Å². The van der Waals surface area contributed by atoms with Gasteiger partial charge >= 0.3 is 0 Å². The fourth-order valence-corrected chi connectivity index (χ4v) is 2.91. The summed E-state index contributed by atoms with van der Waals surface area (Å²) in [5.74, 6) is 0.180. The molecule has 1 unspecified atom stereocenters. The summed E-state index contributed by atoms with van der Waals surface area (Å²) in [5, 5.41) is 2.57. The lowest BCUT2D eigenvalue weighted by Crippen LogP contribution is -2.10. The Kier molecular flexibility index (Phi) is 4.48. The molecule has 3 nitrogen and oxygen atoms in total. The van der Waals surface area contributed by atoms with E-state index in [2.05, 4.69) is 4.98 Å². The van der Waals surface area contributed by atoms with Gasteiger partial charge in [0.25, 0.3) is 0 Å². The van der Waals surface area contributed by atoms with E-state index < -0.39 is 6.10 Å². The average Bonchev–Trinajstić information content (AvgIpc) is 3.07. The Morgan fingerprint density at radius 1 is 1.22 bits per heavy atom. The number of ether oxygens (including phenoxy) is 1. The third-order valence-electron chi connectivity index (χ3n) is 3.32. The molecule has 0 fully saturated rings. The molecule has 5 heteroatoms. The molecule has 0 bridgehead atoms. The molecular formula is C18H14FNO2S.